The van der Waals surface area contributed by atoms with Crippen molar-refractivity contribution < 1.29 is 22.4 Å². The van der Waals surface area contributed by atoms with E-state index in [-0.39, 0.29) is 11.0 Å². The van der Waals surface area contributed by atoms with Crippen LogP contribution in [0.25, 0.3) is 22.0 Å². The van der Waals surface area contributed by atoms with Gasteiger partial charge in [0.25, 0.3) is 0 Å². The van der Waals surface area contributed by atoms with E-state index in [1.165, 1.54) is 17.0 Å². The van der Waals surface area contributed by atoms with Gasteiger partial charge in [-0.1, -0.05) is 30.3 Å². The number of carbonyl (C=O) groups is 1. The predicted octanol–water partition coefficient (Wildman–Crippen LogP) is 5.02. The van der Waals surface area contributed by atoms with Gasteiger partial charge in [-0.25, -0.2) is 4.98 Å². The Kier molecular flexibility index (Phi) is 4.56. The molecule has 29 heavy (non-hydrogen) atoms. The molecule has 0 saturated carbocycles. The number of fused-ring (bicyclic) bond motifs is 2. The van der Waals surface area contributed by atoms with Gasteiger partial charge < -0.3 is 13.9 Å². The summed E-state index contributed by atoms with van der Waals surface area (Å²) in [6.07, 6.45) is -4.66. The number of para-hydroxylation sites is 3. The fraction of sp³-hybridized carbons (Fsp3) is 0.238. The molecule has 4 rings (SSSR count). The number of halogens is 3. The average Bonchev–Trinajstić information content (AvgIpc) is 3.28. The molecule has 0 saturated heterocycles. The molecule has 0 aliphatic carbocycles. The maximum atomic E-state index is 13.5. The lowest BCUT2D eigenvalue weighted by atomic mass is 10.2. The lowest BCUT2D eigenvalue weighted by Gasteiger charge is -2.24. The monoisotopic (exact) mass is 401 g/mol. The lowest BCUT2D eigenvalue weighted by molar-refractivity contribution is -0.148. The first-order valence-corrected chi connectivity index (χ1v) is 9.02. The zero-order valence-electron chi connectivity index (χ0n) is 15.8. The number of hydrogen-bond donors (Lipinski definition) is 0. The summed E-state index contributed by atoms with van der Waals surface area (Å²) < 4.78 is 47.1. The Balaban J connectivity index is 1.63. The minimum Gasteiger partial charge on any atom is -0.459 e. The SMILES string of the molecule is C[C@@H](c1cc2ccccc2o1)N(C)C(=O)Cn1c(C(F)(F)F)nc2ccccc21. The van der Waals surface area contributed by atoms with Gasteiger partial charge in [-0.15, -0.1) is 0 Å². The average molecular weight is 401 g/mol. The van der Waals surface area contributed by atoms with Crippen LogP contribution < -0.4 is 0 Å². The van der Waals surface area contributed by atoms with Crippen molar-refractivity contribution in [2.45, 2.75) is 25.7 Å². The highest BCUT2D eigenvalue weighted by Gasteiger charge is 2.38. The molecule has 5 nitrogen and oxygen atoms in total. The van der Waals surface area contributed by atoms with Crippen molar-refractivity contribution in [3.63, 3.8) is 0 Å². The highest BCUT2D eigenvalue weighted by molar-refractivity contribution is 5.82. The van der Waals surface area contributed by atoms with Crippen LogP contribution in [0.3, 0.4) is 0 Å². The van der Waals surface area contributed by atoms with E-state index < -0.39 is 30.5 Å². The van der Waals surface area contributed by atoms with Crippen LogP contribution in [0.1, 0.15) is 24.6 Å². The van der Waals surface area contributed by atoms with Crippen LogP contribution in [-0.2, 0) is 17.5 Å². The normalized spacial score (nSPS) is 13.1. The van der Waals surface area contributed by atoms with Crippen molar-refractivity contribution in [3.05, 3.63) is 66.2 Å². The van der Waals surface area contributed by atoms with Crippen molar-refractivity contribution in [1.29, 1.82) is 0 Å². The number of likely N-dealkylation sites (N-methyl/N-ethyl adjacent to an activating group) is 1. The van der Waals surface area contributed by atoms with Crippen molar-refractivity contribution >= 4 is 27.9 Å². The molecule has 8 heteroatoms. The fourth-order valence-electron chi connectivity index (χ4n) is 3.31. The standard InChI is InChI=1S/C21H18F3N3O2/c1-13(18-11-14-7-3-6-10-17(14)29-18)26(2)19(28)12-27-16-9-5-4-8-15(16)25-20(27)21(22,23)24/h3-11,13H,12H2,1-2H3/t13-/m0/s1. The predicted molar refractivity (Wildman–Crippen MR) is 102 cm³/mol. The zero-order valence-corrected chi connectivity index (χ0v) is 15.8. The zero-order chi connectivity index (χ0) is 20.8. The van der Waals surface area contributed by atoms with Gasteiger partial charge in [-0.3, -0.25) is 4.79 Å². The first-order valence-electron chi connectivity index (χ1n) is 9.02. The summed E-state index contributed by atoms with van der Waals surface area (Å²) in [5, 5.41) is 0.898. The van der Waals surface area contributed by atoms with E-state index in [0.717, 1.165) is 9.95 Å². The third-order valence-electron chi connectivity index (χ3n) is 5.03. The Bertz CT molecular complexity index is 1160. The fourth-order valence-corrected chi connectivity index (χ4v) is 3.31. The number of benzene rings is 2. The second-order valence-electron chi connectivity index (χ2n) is 6.88. The second kappa shape index (κ2) is 6.95. The van der Waals surface area contributed by atoms with Gasteiger partial charge in [-0.2, -0.15) is 13.2 Å². The third kappa shape index (κ3) is 3.46. The van der Waals surface area contributed by atoms with E-state index in [2.05, 4.69) is 4.98 Å². The molecule has 0 spiro atoms. The number of imidazole rings is 1. The van der Waals surface area contributed by atoms with Gasteiger partial charge in [0.05, 0.1) is 17.1 Å². The highest BCUT2D eigenvalue weighted by atomic mass is 19.4. The van der Waals surface area contributed by atoms with Crippen molar-refractivity contribution in [2.75, 3.05) is 7.05 Å². The topological polar surface area (TPSA) is 51.3 Å². The molecule has 0 fully saturated rings. The van der Waals surface area contributed by atoms with E-state index >= 15 is 0 Å². The molecule has 0 N–H and O–H groups in total. The van der Waals surface area contributed by atoms with Crippen molar-refractivity contribution in [1.82, 2.24) is 14.5 Å². The molecule has 0 radical (unpaired) electrons. The maximum absolute atomic E-state index is 13.5. The highest BCUT2D eigenvalue weighted by Crippen LogP contribution is 2.32. The molecule has 0 unspecified atom stereocenters. The van der Waals surface area contributed by atoms with Gasteiger partial charge in [0.1, 0.15) is 17.9 Å². The molecular weight excluding hydrogens is 383 g/mol. The van der Waals surface area contributed by atoms with Gasteiger partial charge in [0.2, 0.25) is 11.7 Å². The molecule has 2 heterocycles. The first kappa shape index (κ1) is 19.0. The van der Waals surface area contributed by atoms with Crippen LogP contribution in [0, 0.1) is 0 Å². The number of rotatable bonds is 4. The number of amides is 1. The summed E-state index contributed by atoms with van der Waals surface area (Å²) in [5.41, 5.74) is 1.15. The largest absolute Gasteiger partial charge is 0.459 e. The maximum Gasteiger partial charge on any atom is 0.449 e. The van der Waals surface area contributed by atoms with Crippen LogP contribution in [-0.4, -0.2) is 27.4 Å². The van der Waals surface area contributed by atoms with Gasteiger partial charge in [0, 0.05) is 12.4 Å². The van der Waals surface area contributed by atoms with E-state index in [4.69, 9.17) is 4.42 Å². The first-order chi connectivity index (χ1) is 13.8. The number of nitrogens with zero attached hydrogens (tertiary/aromatic N) is 3. The quantitative estimate of drug-likeness (QED) is 0.482. The molecule has 1 amide bonds. The number of alkyl halides is 3. The number of carbonyl (C=O) groups excluding carboxylic acids is 1. The minimum atomic E-state index is -4.66. The summed E-state index contributed by atoms with van der Waals surface area (Å²) in [6.45, 7) is 1.29. The Morgan fingerprint density at radius 3 is 2.59 bits per heavy atom. The minimum absolute atomic E-state index is 0.195. The molecule has 150 valence electrons. The van der Waals surface area contributed by atoms with Crippen molar-refractivity contribution in [2.24, 2.45) is 0 Å². The molecule has 1 atom stereocenters. The number of hydrogen-bond acceptors (Lipinski definition) is 3. The van der Waals surface area contributed by atoms with Crippen LogP contribution in [0.15, 0.2) is 59.0 Å². The van der Waals surface area contributed by atoms with Crippen molar-refractivity contribution in [3.8, 4) is 0 Å². The Morgan fingerprint density at radius 1 is 1.17 bits per heavy atom. The molecule has 0 aliphatic heterocycles. The summed E-state index contributed by atoms with van der Waals surface area (Å²) in [7, 11) is 1.55. The van der Waals surface area contributed by atoms with Gasteiger partial charge in [-0.05, 0) is 31.2 Å². The summed E-state index contributed by atoms with van der Waals surface area (Å²) in [5.74, 6) is -1.00. The molecule has 0 bridgehead atoms. The Hall–Kier alpha value is -3.29. The van der Waals surface area contributed by atoms with Crippen LogP contribution >= 0.6 is 0 Å². The summed E-state index contributed by atoms with van der Waals surface area (Å²) in [6, 6.07) is 15.1. The van der Waals surface area contributed by atoms with E-state index in [1.807, 2.05) is 30.3 Å². The molecule has 4 aromatic rings. The summed E-state index contributed by atoms with van der Waals surface area (Å²) in [4.78, 5) is 17.9. The van der Waals surface area contributed by atoms with Gasteiger partial charge in [0.15, 0.2) is 0 Å². The Morgan fingerprint density at radius 2 is 1.86 bits per heavy atom. The smallest absolute Gasteiger partial charge is 0.449 e. The summed E-state index contributed by atoms with van der Waals surface area (Å²) >= 11 is 0. The second-order valence-corrected chi connectivity index (χ2v) is 6.88. The third-order valence-corrected chi connectivity index (χ3v) is 5.03. The molecular formula is C21H18F3N3O2. The van der Waals surface area contributed by atoms with Crippen LogP contribution in [0.2, 0.25) is 0 Å². The number of aromatic nitrogens is 2. The van der Waals surface area contributed by atoms with E-state index in [1.54, 1.807) is 26.1 Å². The molecule has 2 aromatic heterocycles. The number of furan rings is 1. The van der Waals surface area contributed by atoms with Crippen LogP contribution in [0.5, 0.6) is 0 Å². The van der Waals surface area contributed by atoms with Gasteiger partial charge >= 0.3 is 6.18 Å². The molecule has 0 aliphatic rings. The van der Waals surface area contributed by atoms with E-state index in [9.17, 15) is 18.0 Å². The molecule has 2 aromatic carbocycles. The lowest BCUT2D eigenvalue weighted by Crippen LogP contribution is -2.33. The van der Waals surface area contributed by atoms with E-state index in [0.29, 0.717) is 11.3 Å². The van der Waals surface area contributed by atoms with Crippen LogP contribution in [0.4, 0.5) is 13.2 Å². The Labute approximate surface area is 164 Å².